The van der Waals surface area contributed by atoms with Gasteiger partial charge in [0.05, 0.1) is 11.4 Å². The molecule has 1 amide bonds. The normalized spacial score (nSPS) is 16.0. The van der Waals surface area contributed by atoms with Gasteiger partial charge in [-0.1, -0.05) is 6.07 Å². The minimum Gasteiger partial charge on any atom is -0.321 e. The summed E-state index contributed by atoms with van der Waals surface area (Å²) in [5.74, 6) is -0.395. The SMILES string of the molecule is Cc1ccc(N2CCCS2(=O)=O)cc1NC(=O)c1cccn(C)c1=O. The van der Waals surface area contributed by atoms with Gasteiger partial charge in [-0.05, 0) is 43.2 Å². The zero-order valence-electron chi connectivity index (χ0n) is 14.0. The summed E-state index contributed by atoms with van der Waals surface area (Å²) in [6, 6.07) is 8.18. The number of sulfonamides is 1. The zero-order chi connectivity index (χ0) is 18.2. The Labute approximate surface area is 145 Å². The molecule has 25 heavy (non-hydrogen) atoms. The van der Waals surface area contributed by atoms with E-state index in [1.54, 1.807) is 44.4 Å². The number of amides is 1. The fraction of sp³-hybridized carbons (Fsp3) is 0.294. The molecule has 1 N–H and O–H groups in total. The number of hydrogen-bond donors (Lipinski definition) is 1. The van der Waals surface area contributed by atoms with Crippen LogP contribution >= 0.6 is 0 Å². The Bertz CT molecular complexity index is 995. The van der Waals surface area contributed by atoms with Crippen LogP contribution in [0.1, 0.15) is 22.3 Å². The maximum Gasteiger partial charge on any atom is 0.263 e. The Morgan fingerprint density at radius 1 is 1.24 bits per heavy atom. The van der Waals surface area contributed by atoms with E-state index in [2.05, 4.69) is 5.32 Å². The van der Waals surface area contributed by atoms with Gasteiger partial charge in [0.1, 0.15) is 5.56 Å². The van der Waals surface area contributed by atoms with Gasteiger partial charge in [0.15, 0.2) is 0 Å². The number of rotatable bonds is 3. The highest BCUT2D eigenvalue weighted by Gasteiger charge is 2.28. The van der Waals surface area contributed by atoms with Crippen LogP contribution in [0.25, 0.3) is 0 Å². The standard InChI is InChI=1S/C17H19N3O4S/c1-12-6-7-13(20-9-4-10-25(20,23)24)11-15(12)18-16(21)14-5-3-8-19(2)17(14)22/h3,5-8,11H,4,9-10H2,1-2H3,(H,18,21). The first-order valence-corrected chi connectivity index (χ1v) is 9.48. The molecule has 1 saturated heterocycles. The molecular formula is C17H19N3O4S. The molecule has 2 heterocycles. The summed E-state index contributed by atoms with van der Waals surface area (Å²) >= 11 is 0. The molecular weight excluding hydrogens is 342 g/mol. The summed E-state index contributed by atoms with van der Waals surface area (Å²) in [6.07, 6.45) is 2.15. The maximum absolute atomic E-state index is 12.4. The smallest absolute Gasteiger partial charge is 0.263 e. The summed E-state index contributed by atoms with van der Waals surface area (Å²) in [5, 5.41) is 2.71. The molecule has 2 aromatic rings. The Balaban J connectivity index is 1.93. The lowest BCUT2D eigenvalue weighted by Crippen LogP contribution is -2.27. The van der Waals surface area contributed by atoms with Gasteiger partial charge in [-0.15, -0.1) is 0 Å². The first-order chi connectivity index (χ1) is 11.8. The van der Waals surface area contributed by atoms with Crippen molar-refractivity contribution in [1.29, 1.82) is 0 Å². The molecule has 0 spiro atoms. The molecule has 1 aromatic carbocycles. The maximum atomic E-state index is 12.4. The topological polar surface area (TPSA) is 88.5 Å². The van der Waals surface area contributed by atoms with Crippen molar-refractivity contribution in [1.82, 2.24) is 4.57 Å². The molecule has 7 nitrogen and oxygen atoms in total. The number of anilines is 2. The average molecular weight is 361 g/mol. The molecule has 0 radical (unpaired) electrons. The number of pyridine rings is 1. The van der Waals surface area contributed by atoms with Gasteiger partial charge in [-0.2, -0.15) is 0 Å². The van der Waals surface area contributed by atoms with E-state index >= 15 is 0 Å². The predicted molar refractivity (Wildman–Crippen MR) is 96.6 cm³/mol. The second-order valence-corrected chi connectivity index (χ2v) is 8.05. The van der Waals surface area contributed by atoms with Crippen LogP contribution in [-0.2, 0) is 17.1 Å². The minimum absolute atomic E-state index is 0.0311. The number of aryl methyl sites for hydroxylation is 2. The summed E-state index contributed by atoms with van der Waals surface area (Å²) in [5.41, 5.74) is 1.41. The number of nitrogens with zero attached hydrogens (tertiary/aromatic N) is 2. The second-order valence-electron chi connectivity index (χ2n) is 6.03. The molecule has 1 aromatic heterocycles. The van der Waals surface area contributed by atoms with Crippen LogP contribution in [0.5, 0.6) is 0 Å². The molecule has 0 saturated carbocycles. The van der Waals surface area contributed by atoms with Crippen LogP contribution < -0.4 is 15.2 Å². The van der Waals surface area contributed by atoms with E-state index < -0.39 is 21.5 Å². The molecule has 0 atom stereocenters. The van der Waals surface area contributed by atoms with Gasteiger partial charge in [0.2, 0.25) is 10.0 Å². The number of nitrogens with one attached hydrogen (secondary N) is 1. The quantitative estimate of drug-likeness (QED) is 0.897. The predicted octanol–water partition coefficient (Wildman–Crippen LogP) is 1.49. The fourth-order valence-electron chi connectivity index (χ4n) is 2.79. The van der Waals surface area contributed by atoms with Crippen molar-refractivity contribution in [2.45, 2.75) is 13.3 Å². The van der Waals surface area contributed by atoms with E-state index in [-0.39, 0.29) is 11.3 Å². The molecule has 0 aliphatic carbocycles. The van der Waals surface area contributed by atoms with Crippen LogP contribution in [-0.4, -0.2) is 31.2 Å². The molecule has 3 rings (SSSR count). The first kappa shape index (κ1) is 17.2. The van der Waals surface area contributed by atoms with E-state index in [1.165, 1.54) is 14.9 Å². The molecule has 1 fully saturated rings. The van der Waals surface area contributed by atoms with Gasteiger partial charge in [0, 0.05) is 25.5 Å². The summed E-state index contributed by atoms with van der Waals surface area (Å²) in [6.45, 7) is 2.24. The molecule has 132 valence electrons. The monoisotopic (exact) mass is 361 g/mol. The first-order valence-electron chi connectivity index (χ1n) is 7.88. The summed E-state index contributed by atoms with van der Waals surface area (Å²) in [4.78, 5) is 24.5. The van der Waals surface area contributed by atoms with Gasteiger partial charge in [0.25, 0.3) is 11.5 Å². The number of carbonyl (C=O) groups excluding carboxylic acids is 1. The van der Waals surface area contributed by atoms with Gasteiger partial charge in [-0.3, -0.25) is 13.9 Å². The number of aromatic nitrogens is 1. The molecule has 0 bridgehead atoms. The minimum atomic E-state index is -3.30. The van der Waals surface area contributed by atoms with Crippen molar-refractivity contribution in [2.24, 2.45) is 7.05 Å². The Kier molecular flexibility index (Phi) is 4.38. The lowest BCUT2D eigenvalue weighted by Gasteiger charge is -2.19. The third-order valence-electron chi connectivity index (χ3n) is 4.22. The van der Waals surface area contributed by atoms with E-state index in [0.717, 1.165) is 5.56 Å². The highest BCUT2D eigenvalue weighted by molar-refractivity contribution is 7.93. The van der Waals surface area contributed by atoms with Crippen LogP contribution in [0.3, 0.4) is 0 Å². The zero-order valence-corrected chi connectivity index (χ0v) is 14.8. The van der Waals surface area contributed by atoms with Crippen molar-refractivity contribution < 1.29 is 13.2 Å². The van der Waals surface area contributed by atoms with Gasteiger partial charge >= 0.3 is 0 Å². The van der Waals surface area contributed by atoms with Crippen molar-refractivity contribution in [3.05, 3.63) is 58.0 Å². The fourth-order valence-corrected chi connectivity index (χ4v) is 4.35. The Morgan fingerprint density at radius 2 is 2.00 bits per heavy atom. The Morgan fingerprint density at radius 3 is 2.68 bits per heavy atom. The number of benzene rings is 1. The van der Waals surface area contributed by atoms with Crippen LogP contribution in [0, 0.1) is 6.92 Å². The highest BCUT2D eigenvalue weighted by Crippen LogP contribution is 2.28. The molecule has 1 aliphatic rings. The summed E-state index contributed by atoms with van der Waals surface area (Å²) in [7, 11) is -1.72. The largest absolute Gasteiger partial charge is 0.321 e. The Hall–Kier alpha value is -2.61. The summed E-state index contributed by atoms with van der Waals surface area (Å²) < 4.78 is 26.8. The van der Waals surface area contributed by atoms with E-state index in [4.69, 9.17) is 0 Å². The molecule has 8 heteroatoms. The van der Waals surface area contributed by atoms with Crippen molar-refractivity contribution >= 4 is 27.3 Å². The second kappa shape index (κ2) is 6.36. The lowest BCUT2D eigenvalue weighted by molar-refractivity contribution is 0.102. The van der Waals surface area contributed by atoms with Crippen LogP contribution in [0.4, 0.5) is 11.4 Å². The number of carbonyl (C=O) groups is 1. The van der Waals surface area contributed by atoms with Crippen molar-refractivity contribution in [3.63, 3.8) is 0 Å². The number of hydrogen-bond acceptors (Lipinski definition) is 4. The van der Waals surface area contributed by atoms with Gasteiger partial charge in [-0.25, -0.2) is 8.42 Å². The molecule has 1 aliphatic heterocycles. The highest BCUT2D eigenvalue weighted by atomic mass is 32.2. The van der Waals surface area contributed by atoms with Crippen molar-refractivity contribution in [2.75, 3.05) is 21.9 Å². The average Bonchev–Trinajstić information content (AvgIpc) is 2.91. The van der Waals surface area contributed by atoms with E-state index in [1.807, 2.05) is 0 Å². The van der Waals surface area contributed by atoms with Crippen LogP contribution in [0.2, 0.25) is 0 Å². The van der Waals surface area contributed by atoms with Crippen molar-refractivity contribution in [3.8, 4) is 0 Å². The van der Waals surface area contributed by atoms with E-state index in [0.29, 0.717) is 24.3 Å². The lowest BCUT2D eigenvalue weighted by atomic mass is 10.1. The van der Waals surface area contributed by atoms with Gasteiger partial charge < -0.3 is 9.88 Å². The third kappa shape index (κ3) is 3.30. The molecule has 0 unspecified atom stereocenters. The van der Waals surface area contributed by atoms with Crippen LogP contribution in [0.15, 0.2) is 41.3 Å². The third-order valence-corrected chi connectivity index (χ3v) is 6.09. The van der Waals surface area contributed by atoms with E-state index in [9.17, 15) is 18.0 Å².